The first-order chi connectivity index (χ1) is 15.7. The summed E-state index contributed by atoms with van der Waals surface area (Å²) in [6.07, 6.45) is 4.34. The summed E-state index contributed by atoms with van der Waals surface area (Å²) >= 11 is 1.69. The SMILES string of the molecule is CC.CN(C)C(CNSc1ccc2cc[nH]c2c1)c1cn(CC2COC2)c2ccccc12. The zero-order valence-electron chi connectivity index (χ0n) is 19.5. The maximum atomic E-state index is 5.39. The number of hydrogen-bond donors (Lipinski definition) is 2. The van der Waals surface area contributed by atoms with E-state index >= 15 is 0 Å². The molecule has 5 rings (SSSR count). The molecule has 1 aliphatic heterocycles. The fourth-order valence-corrected chi connectivity index (χ4v) is 4.95. The first-order valence-corrected chi connectivity index (χ1v) is 12.3. The van der Waals surface area contributed by atoms with Gasteiger partial charge in [-0.2, -0.15) is 0 Å². The molecule has 4 aromatic rings. The molecule has 1 atom stereocenters. The monoisotopic (exact) mass is 450 g/mol. The number of aromatic nitrogens is 2. The third-order valence-electron chi connectivity index (χ3n) is 5.96. The average Bonchev–Trinajstić information content (AvgIpc) is 3.39. The highest BCUT2D eigenvalue weighted by molar-refractivity contribution is 7.97. The Morgan fingerprint density at radius 3 is 2.72 bits per heavy atom. The molecule has 0 aliphatic carbocycles. The van der Waals surface area contributed by atoms with Crippen LogP contribution in [0.1, 0.15) is 25.5 Å². The van der Waals surface area contributed by atoms with Crippen LogP contribution in [-0.2, 0) is 11.3 Å². The van der Waals surface area contributed by atoms with Crippen molar-refractivity contribution in [2.75, 3.05) is 33.9 Å². The van der Waals surface area contributed by atoms with Crippen molar-refractivity contribution in [2.45, 2.75) is 31.3 Å². The van der Waals surface area contributed by atoms with E-state index in [0.29, 0.717) is 5.92 Å². The van der Waals surface area contributed by atoms with Crippen molar-refractivity contribution < 1.29 is 4.74 Å². The maximum Gasteiger partial charge on any atom is 0.0533 e. The van der Waals surface area contributed by atoms with Crippen molar-refractivity contribution >= 4 is 33.8 Å². The van der Waals surface area contributed by atoms with Crippen LogP contribution in [0.25, 0.3) is 21.8 Å². The largest absolute Gasteiger partial charge is 0.381 e. The van der Waals surface area contributed by atoms with Gasteiger partial charge < -0.3 is 19.2 Å². The molecule has 1 saturated heterocycles. The van der Waals surface area contributed by atoms with Gasteiger partial charge in [-0.25, -0.2) is 0 Å². The number of nitrogens with one attached hydrogen (secondary N) is 2. The van der Waals surface area contributed by atoms with Crippen LogP contribution < -0.4 is 4.72 Å². The second-order valence-corrected chi connectivity index (χ2v) is 9.28. The van der Waals surface area contributed by atoms with Crippen LogP contribution in [0.3, 0.4) is 0 Å². The first kappa shape index (κ1) is 22.9. The lowest BCUT2D eigenvalue weighted by Gasteiger charge is -2.27. The molecule has 1 fully saturated rings. The summed E-state index contributed by atoms with van der Waals surface area (Å²) in [5, 5.41) is 2.59. The Balaban J connectivity index is 0.00000119. The highest BCUT2D eigenvalue weighted by atomic mass is 32.2. The molecule has 0 amide bonds. The summed E-state index contributed by atoms with van der Waals surface area (Å²) < 4.78 is 11.4. The highest BCUT2D eigenvalue weighted by Gasteiger charge is 2.23. The Bertz CT molecular complexity index is 1150. The van der Waals surface area contributed by atoms with Gasteiger partial charge in [-0.3, -0.25) is 4.72 Å². The molecule has 32 heavy (non-hydrogen) atoms. The molecule has 0 spiro atoms. The second kappa shape index (κ2) is 10.6. The Labute approximate surface area is 195 Å². The quantitative estimate of drug-likeness (QED) is 0.338. The number of rotatable bonds is 8. The summed E-state index contributed by atoms with van der Waals surface area (Å²) in [6.45, 7) is 7.64. The molecule has 5 nitrogen and oxygen atoms in total. The summed E-state index contributed by atoms with van der Waals surface area (Å²) in [4.78, 5) is 6.81. The van der Waals surface area contributed by atoms with E-state index in [-0.39, 0.29) is 6.04 Å². The third kappa shape index (κ3) is 4.89. The molecule has 1 unspecified atom stereocenters. The zero-order valence-corrected chi connectivity index (χ0v) is 20.3. The van der Waals surface area contributed by atoms with Crippen LogP contribution in [0.2, 0.25) is 0 Å². The summed E-state index contributed by atoms with van der Waals surface area (Å²) in [7, 11) is 4.32. The van der Waals surface area contributed by atoms with Crippen molar-refractivity contribution in [3.63, 3.8) is 0 Å². The summed E-state index contributed by atoms with van der Waals surface area (Å²) in [6, 6.07) is 17.7. The summed E-state index contributed by atoms with van der Waals surface area (Å²) in [5.41, 5.74) is 3.87. The predicted molar refractivity (Wildman–Crippen MR) is 136 cm³/mol. The molecule has 0 saturated carbocycles. The Morgan fingerprint density at radius 1 is 1.16 bits per heavy atom. The molecule has 1 aliphatic rings. The third-order valence-corrected chi connectivity index (χ3v) is 6.76. The van der Waals surface area contributed by atoms with E-state index in [4.69, 9.17) is 4.74 Å². The van der Waals surface area contributed by atoms with Gasteiger partial charge >= 0.3 is 0 Å². The number of likely N-dealkylation sites (N-methyl/N-ethyl adjacent to an activating group) is 1. The number of nitrogens with zero attached hydrogens (tertiary/aromatic N) is 2. The van der Waals surface area contributed by atoms with Gasteiger partial charge in [0.1, 0.15) is 0 Å². The van der Waals surface area contributed by atoms with Crippen LogP contribution >= 0.6 is 11.9 Å². The number of para-hydroxylation sites is 1. The smallest absolute Gasteiger partial charge is 0.0533 e. The van der Waals surface area contributed by atoms with Crippen LogP contribution in [0.15, 0.2) is 65.8 Å². The van der Waals surface area contributed by atoms with Crippen LogP contribution in [-0.4, -0.2) is 48.3 Å². The molecule has 2 aromatic heterocycles. The Kier molecular flexibility index (Phi) is 7.58. The van der Waals surface area contributed by atoms with Gasteiger partial charge in [-0.1, -0.05) is 38.1 Å². The standard InChI is InChI=1S/C24H28N4OS.C2H6/c1-27(2)24(12-26-30-19-8-7-18-9-10-25-22(18)11-19)21-14-28(13-17-15-29-16-17)23-6-4-3-5-20(21)23;1-2/h3-11,14,17,24-26H,12-13,15-16H2,1-2H3;1-2H3. The first-order valence-electron chi connectivity index (χ1n) is 11.5. The Hall–Kier alpha value is -2.25. The molecule has 6 heteroatoms. The second-order valence-electron chi connectivity index (χ2n) is 8.31. The molecular weight excluding hydrogens is 416 g/mol. The van der Waals surface area contributed by atoms with E-state index in [2.05, 4.69) is 88.0 Å². The topological polar surface area (TPSA) is 45.2 Å². The van der Waals surface area contributed by atoms with Crippen molar-refractivity contribution in [1.82, 2.24) is 19.2 Å². The molecule has 0 radical (unpaired) electrons. The highest BCUT2D eigenvalue weighted by Crippen LogP contribution is 2.31. The van der Waals surface area contributed by atoms with E-state index < -0.39 is 0 Å². The van der Waals surface area contributed by atoms with E-state index in [9.17, 15) is 0 Å². The van der Waals surface area contributed by atoms with Gasteiger partial charge in [-0.05, 0) is 61.3 Å². The van der Waals surface area contributed by atoms with E-state index in [1.807, 2.05) is 20.0 Å². The zero-order chi connectivity index (χ0) is 22.5. The average molecular weight is 451 g/mol. The van der Waals surface area contributed by atoms with E-state index in [1.165, 1.54) is 32.3 Å². The molecular formula is C26H34N4OS. The lowest BCUT2D eigenvalue weighted by Crippen LogP contribution is -2.31. The fraction of sp³-hybridized carbons (Fsp3) is 0.385. The number of aromatic amines is 1. The minimum Gasteiger partial charge on any atom is -0.381 e. The minimum atomic E-state index is 0.288. The number of H-pyrrole nitrogens is 1. The van der Waals surface area contributed by atoms with E-state index in [1.54, 1.807) is 11.9 Å². The van der Waals surface area contributed by atoms with E-state index in [0.717, 1.165) is 26.3 Å². The molecule has 0 bridgehead atoms. The van der Waals surface area contributed by atoms with Gasteiger partial charge in [0.25, 0.3) is 0 Å². The van der Waals surface area contributed by atoms with Crippen molar-refractivity contribution in [3.8, 4) is 0 Å². The lowest BCUT2D eigenvalue weighted by atomic mass is 10.1. The summed E-state index contributed by atoms with van der Waals surface area (Å²) in [5.74, 6) is 0.628. The van der Waals surface area contributed by atoms with Crippen LogP contribution in [0, 0.1) is 5.92 Å². The number of benzene rings is 2. The van der Waals surface area contributed by atoms with Gasteiger partial charge in [0.2, 0.25) is 0 Å². The van der Waals surface area contributed by atoms with Crippen molar-refractivity contribution in [3.05, 3.63) is 66.5 Å². The van der Waals surface area contributed by atoms with Crippen LogP contribution in [0.4, 0.5) is 0 Å². The number of fused-ring (bicyclic) bond motifs is 2. The van der Waals surface area contributed by atoms with Gasteiger partial charge in [0, 0.05) is 58.8 Å². The van der Waals surface area contributed by atoms with Crippen LogP contribution in [0.5, 0.6) is 0 Å². The van der Waals surface area contributed by atoms with Gasteiger partial charge in [0.05, 0.1) is 13.2 Å². The fourth-order valence-electron chi connectivity index (χ4n) is 4.22. The molecule has 2 aromatic carbocycles. The number of ether oxygens (including phenoxy) is 1. The van der Waals surface area contributed by atoms with Gasteiger partial charge in [0.15, 0.2) is 0 Å². The minimum absolute atomic E-state index is 0.288. The van der Waals surface area contributed by atoms with Crippen molar-refractivity contribution in [1.29, 1.82) is 0 Å². The molecule has 2 N–H and O–H groups in total. The molecule has 3 heterocycles. The number of hydrogen-bond acceptors (Lipinski definition) is 4. The Morgan fingerprint density at radius 2 is 1.97 bits per heavy atom. The normalized spacial score (nSPS) is 15.0. The maximum absolute atomic E-state index is 5.39. The lowest BCUT2D eigenvalue weighted by molar-refractivity contribution is -0.0389. The predicted octanol–water partition coefficient (Wildman–Crippen LogP) is 5.69. The van der Waals surface area contributed by atoms with Gasteiger partial charge in [-0.15, -0.1) is 0 Å². The molecule has 170 valence electrons. The van der Waals surface area contributed by atoms with Crippen molar-refractivity contribution in [2.24, 2.45) is 5.92 Å².